The highest BCUT2D eigenvalue weighted by Gasteiger charge is 2.15. The molecule has 3 rings (SSSR count). The van der Waals surface area contributed by atoms with E-state index in [1.54, 1.807) is 6.08 Å². The number of allylic oxidation sites excluding steroid dienone is 1. The quantitative estimate of drug-likeness (QED) is 0.268. The van der Waals surface area contributed by atoms with Crippen molar-refractivity contribution in [1.82, 2.24) is 9.55 Å². The van der Waals surface area contributed by atoms with Gasteiger partial charge in [0.25, 0.3) is 5.69 Å². The fourth-order valence-corrected chi connectivity index (χ4v) is 3.51. The van der Waals surface area contributed by atoms with E-state index in [4.69, 9.17) is 4.74 Å². The molecule has 1 amide bonds. The van der Waals surface area contributed by atoms with Gasteiger partial charge in [0.05, 0.1) is 40.6 Å². The Kier molecular flexibility index (Phi) is 5.95. The lowest BCUT2D eigenvalue weighted by atomic mass is 10.2. The maximum atomic E-state index is 12.4. The summed E-state index contributed by atoms with van der Waals surface area (Å²) in [7, 11) is 1.39. The largest absolute Gasteiger partial charge is 0.494 e. The Hall–Kier alpha value is -3.33. The van der Waals surface area contributed by atoms with Gasteiger partial charge in [-0.15, -0.1) is 6.58 Å². The molecule has 0 fully saturated rings. The van der Waals surface area contributed by atoms with Crippen molar-refractivity contribution < 1.29 is 14.5 Å². The van der Waals surface area contributed by atoms with Gasteiger partial charge in [0.2, 0.25) is 5.91 Å². The van der Waals surface area contributed by atoms with Crippen LogP contribution in [-0.2, 0) is 11.3 Å². The number of benzene rings is 2. The topological polar surface area (TPSA) is 99.3 Å². The molecule has 0 aliphatic heterocycles. The third-order valence-electron chi connectivity index (χ3n) is 3.93. The van der Waals surface area contributed by atoms with Crippen molar-refractivity contribution in [3.05, 3.63) is 65.2 Å². The van der Waals surface area contributed by atoms with Gasteiger partial charge in [-0.2, -0.15) is 0 Å². The highest BCUT2D eigenvalue weighted by molar-refractivity contribution is 7.99. The fraction of sp³-hybridized carbons (Fsp3) is 0.158. The van der Waals surface area contributed by atoms with Crippen LogP contribution in [0.3, 0.4) is 0 Å². The van der Waals surface area contributed by atoms with Crippen LogP contribution in [-0.4, -0.2) is 33.2 Å². The molecular formula is C19H18N4O4S. The summed E-state index contributed by atoms with van der Waals surface area (Å²) < 4.78 is 7.13. The number of amides is 1. The maximum Gasteiger partial charge on any atom is 0.273 e. The first-order valence-corrected chi connectivity index (χ1v) is 9.33. The minimum absolute atomic E-state index is 0.109. The SMILES string of the molecule is C=CCn1c(SCC(=O)Nc2ccc([N+](=O)[O-])cc2OC)nc2ccccc21. The number of fused-ring (bicyclic) bond motifs is 1. The first kappa shape index (κ1) is 19.4. The van der Waals surface area contributed by atoms with Gasteiger partial charge < -0.3 is 14.6 Å². The van der Waals surface area contributed by atoms with Gasteiger partial charge in [0.15, 0.2) is 5.16 Å². The van der Waals surface area contributed by atoms with Crippen LogP contribution in [0.25, 0.3) is 11.0 Å². The van der Waals surface area contributed by atoms with Crippen molar-refractivity contribution in [3.63, 3.8) is 0 Å². The second-order valence-electron chi connectivity index (χ2n) is 5.76. The summed E-state index contributed by atoms with van der Waals surface area (Å²) in [6.07, 6.45) is 1.78. The van der Waals surface area contributed by atoms with E-state index in [0.717, 1.165) is 11.0 Å². The smallest absolute Gasteiger partial charge is 0.273 e. The fourth-order valence-electron chi connectivity index (χ4n) is 2.68. The number of non-ortho nitro benzene ring substituents is 1. The summed E-state index contributed by atoms with van der Waals surface area (Å²) in [5.41, 5.74) is 2.09. The number of carbonyl (C=O) groups is 1. The molecule has 9 heteroatoms. The van der Waals surface area contributed by atoms with Crippen LogP contribution in [0, 0.1) is 10.1 Å². The molecular weight excluding hydrogens is 380 g/mol. The first-order valence-electron chi connectivity index (χ1n) is 8.34. The van der Waals surface area contributed by atoms with E-state index in [-0.39, 0.29) is 23.1 Å². The summed E-state index contributed by atoms with van der Waals surface area (Å²) >= 11 is 1.30. The number of methoxy groups -OCH3 is 1. The number of nitrogens with zero attached hydrogens (tertiary/aromatic N) is 3. The molecule has 1 N–H and O–H groups in total. The number of nitrogens with one attached hydrogen (secondary N) is 1. The highest BCUT2D eigenvalue weighted by atomic mass is 32.2. The predicted octanol–water partition coefficient (Wildman–Crippen LogP) is 3.87. The number of aromatic nitrogens is 2. The molecule has 0 saturated heterocycles. The van der Waals surface area contributed by atoms with Crippen LogP contribution in [0.4, 0.5) is 11.4 Å². The average molecular weight is 398 g/mol. The molecule has 1 heterocycles. The summed E-state index contributed by atoms with van der Waals surface area (Å²) in [6.45, 7) is 4.36. The highest BCUT2D eigenvalue weighted by Crippen LogP contribution is 2.30. The zero-order valence-electron chi connectivity index (χ0n) is 15.1. The number of hydrogen-bond acceptors (Lipinski definition) is 6. The molecule has 0 radical (unpaired) electrons. The molecule has 1 aromatic heterocycles. The van der Waals surface area contributed by atoms with Gasteiger partial charge in [-0.3, -0.25) is 14.9 Å². The second kappa shape index (κ2) is 8.57. The lowest BCUT2D eigenvalue weighted by molar-refractivity contribution is -0.384. The van der Waals surface area contributed by atoms with Crippen LogP contribution in [0.5, 0.6) is 5.75 Å². The minimum Gasteiger partial charge on any atom is -0.494 e. The molecule has 0 aliphatic rings. The zero-order valence-corrected chi connectivity index (χ0v) is 15.9. The molecule has 144 valence electrons. The molecule has 0 saturated carbocycles. The Balaban J connectivity index is 1.73. The number of carbonyl (C=O) groups excluding carboxylic acids is 1. The molecule has 0 aliphatic carbocycles. The van der Waals surface area contributed by atoms with Crippen molar-refractivity contribution in [1.29, 1.82) is 0 Å². The van der Waals surface area contributed by atoms with Gasteiger partial charge in [0.1, 0.15) is 5.75 Å². The lowest BCUT2D eigenvalue weighted by Gasteiger charge is -2.10. The number of hydrogen-bond donors (Lipinski definition) is 1. The van der Waals surface area contributed by atoms with Crippen LogP contribution >= 0.6 is 11.8 Å². The average Bonchev–Trinajstić information content (AvgIpc) is 3.04. The number of anilines is 1. The molecule has 0 unspecified atom stereocenters. The van der Waals surface area contributed by atoms with Crippen molar-refractivity contribution in [2.75, 3.05) is 18.2 Å². The number of thioether (sulfide) groups is 1. The zero-order chi connectivity index (χ0) is 20.1. The minimum atomic E-state index is -0.520. The van der Waals surface area contributed by atoms with Crippen LogP contribution in [0.2, 0.25) is 0 Å². The maximum absolute atomic E-state index is 12.4. The number of imidazole rings is 1. The summed E-state index contributed by atoms with van der Waals surface area (Å²) in [6, 6.07) is 11.8. The molecule has 0 spiro atoms. The first-order chi connectivity index (χ1) is 13.5. The molecule has 0 atom stereocenters. The molecule has 2 aromatic carbocycles. The summed E-state index contributed by atoms with van der Waals surface area (Å²) in [5, 5.41) is 14.3. The van der Waals surface area contributed by atoms with E-state index in [1.165, 1.54) is 37.1 Å². The number of nitro benzene ring substituents is 1. The number of rotatable bonds is 8. The van der Waals surface area contributed by atoms with Crippen molar-refractivity contribution in [2.24, 2.45) is 0 Å². The molecule has 3 aromatic rings. The molecule has 8 nitrogen and oxygen atoms in total. The van der Waals surface area contributed by atoms with Crippen LogP contribution < -0.4 is 10.1 Å². The Morgan fingerprint density at radius 1 is 1.39 bits per heavy atom. The van der Waals surface area contributed by atoms with Gasteiger partial charge >= 0.3 is 0 Å². The van der Waals surface area contributed by atoms with E-state index in [0.29, 0.717) is 17.4 Å². The van der Waals surface area contributed by atoms with Gasteiger partial charge in [-0.05, 0) is 18.2 Å². The van der Waals surface area contributed by atoms with Crippen molar-refractivity contribution in [3.8, 4) is 5.75 Å². The summed E-state index contributed by atoms with van der Waals surface area (Å²) in [5.74, 6) is 0.0847. The van der Waals surface area contributed by atoms with E-state index in [9.17, 15) is 14.9 Å². The second-order valence-corrected chi connectivity index (χ2v) is 6.70. The normalized spacial score (nSPS) is 10.6. The van der Waals surface area contributed by atoms with E-state index in [1.807, 2.05) is 28.8 Å². The van der Waals surface area contributed by atoms with Crippen LogP contribution in [0.15, 0.2) is 60.3 Å². The lowest BCUT2D eigenvalue weighted by Crippen LogP contribution is -2.15. The molecule has 0 bridgehead atoms. The third-order valence-corrected chi connectivity index (χ3v) is 4.91. The summed E-state index contributed by atoms with van der Waals surface area (Å²) in [4.78, 5) is 27.3. The Morgan fingerprint density at radius 2 is 2.18 bits per heavy atom. The number of nitro groups is 1. The number of ether oxygens (including phenoxy) is 1. The van der Waals surface area contributed by atoms with Gasteiger partial charge in [-0.25, -0.2) is 4.98 Å². The monoisotopic (exact) mass is 398 g/mol. The standard InChI is InChI=1S/C19H18N4O4S/c1-3-10-22-16-7-5-4-6-14(16)21-19(22)28-12-18(24)20-15-9-8-13(23(25)26)11-17(15)27-2/h3-9,11H,1,10,12H2,2H3,(H,20,24). The van der Waals surface area contributed by atoms with Crippen molar-refractivity contribution >= 4 is 40.1 Å². The van der Waals surface area contributed by atoms with E-state index >= 15 is 0 Å². The predicted molar refractivity (Wildman–Crippen MR) is 109 cm³/mol. The van der Waals surface area contributed by atoms with E-state index < -0.39 is 4.92 Å². The van der Waals surface area contributed by atoms with Gasteiger partial charge in [0, 0.05) is 12.6 Å². The number of para-hydroxylation sites is 2. The van der Waals surface area contributed by atoms with E-state index in [2.05, 4.69) is 16.9 Å². The Labute approximate surface area is 165 Å². The van der Waals surface area contributed by atoms with Crippen molar-refractivity contribution in [2.45, 2.75) is 11.7 Å². The molecule has 28 heavy (non-hydrogen) atoms. The third kappa shape index (κ3) is 4.15. The Morgan fingerprint density at radius 3 is 2.89 bits per heavy atom. The van der Waals surface area contributed by atoms with Gasteiger partial charge in [-0.1, -0.05) is 30.0 Å². The van der Waals surface area contributed by atoms with Crippen LogP contribution in [0.1, 0.15) is 0 Å². The Bertz CT molecular complexity index is 1050.